The Bertz CT molecular complexity index is 492. The Morgan fingerprint density at radius 1 is 1.19 bits per heavy atom. The maximum absolute atomic E-state index is 5.94. The summed E-state index contributed by atoms with van der Waals surface area (Å²) < 4.78 is 0. The number of likely N-dealkylation sites (tertiary alicyclic amines) is 1. The Labute approximate surface area is 131 Å². The van der Waals surface area contributed by atoms with Crippen LogP contribution in [0.1, 0.15) is 31.2 Å². The molecule has 1 atom stereocenters. The van der Waals surface area contributed by atoms with Crippen molar-refractivity contribution in [2.24, 2.45) is 11.1 Å². The molecule has 0 N–H and O–H groups in total. The summed E-state index contributed by atoms with van der Waals surface area (Å²) in [6.45, 7) is 2.37. The third kappa shape index (κ3) is 3.58. The minimum absolute atomic E-state index is 0.543. The Morgan fingerprint density at radius 3 is 2.48 bits per heavy atom. The van der Waals surface area contributed by atoms with Crippen LogP contribution >= 0.6 is 11.6 Å². The fraction of sp³-hybridized carbons (Fsp3) is 0.588. The molecule has 1 aromatic carbocycles. The highest BCUT2D eigenvalue weighted by atomic mass is 35.5. The summed E-state index contributed by atoms with van der Waals surface area (Å²) in [5.41, 5.74) is 2.64. The second-order valence-corrected chi connectivity index (χ2v) is 6.57. The van der Waals surface area contributed by atoms with Crippen LogP contribution in [-0.4, -0.2) is 36.9 Å². The molecular weight excluding hydrogens is 284 g/mol. The summed E-state index contributed by atoms with van der Waals surface area (Å²) in [6.07, 6.45) is 6.07. The standard InChI is InChI=1S/C17H23ClN2O/c1-21-19-16-6-7-17(16)20-10-8-14(9-11-20)12-13-2-4-15(18)5-3-13/h2-5,14,17H,6-12H2,1H3/b19-16-. The van der Waals surface area contributed by atoms with E-state index in [-0.39, 0.29) is 0 Å². The first-order chi connectivity index (χ1) is 10.3. The van der Waals surface area contributed by atoms with Gasteiger partial charge in [0.25, 0.3) is 0 Å². The van der Waals surface area contributed by atoms with Crippen LogP contribution in [0, 0.1) is 5.92 Å². The number of hydrogen-bond donors (Lipinski definition) is 0. The summed E-state index contributed by atoms with van der Waals surface area (Å²) in [5, 5.41) is 4.97. The molecule has 1 aliphatic carbocycles. The number of nitrogens with zero attached hydrogens (tertiary/aromatic N) is 2. The second-order valence-electron chi connectivity index (χ2n) is 6.13. The van der Waals surface area contributed by atoms with Crippen molar-refractivity contribution in [3.05, 3.63) is 34.9 Å². The molecule has 0 spiro atoms. The topological polar surface area (TPSA) is 24.8 Å². The predicted molar refractivity (Wildman–Crippen MR) is 86.9 cm³/mol. The van der Waals surface area contributed by atoms with Gasteiger partial charge in [-0.1, -0.05) is 28.9 Å². The molecule has 1 saturated heterocycles. The predicted octanol–water partition coefficient (Wildman–Crippen LogP) is 3.76. The zero-order valence-electron chi connectivity index (χ0n) is 12.6. The van der Waals surface area contributed by atoms with E-state index in [1.54, 1.807) is 7.11 Å². The molecule has 3 nitrogen and oxygen atoms in total. The van der Waals surface area contributed by atoms with E-state index in [0.29, 0.717) is 6.04 Å². The van der Waals surface area contributed by atoms with Crippen LogP contribution in [0.3, 0.4) is 0 Å². The zero-order chi connectivity index (χ0) is 14.7. The van der Waals surface area contributed by atoms with Crippen LogP contribution in [-0.2, 0) is 11.3 Å². The monoisotopic (exact) mass is 306 g/mol. The fourth-order valence-electron chi connectivity index (χ4n) is 3.44. The third-order valence-electron chi connectivity index (χ3n) is 4.79. The molecule has 2 aliphatic rings. The van der Waals surface area contributed by atoms with Gasteiger partial charge in [0.1, 0.15) is 7.11 Å². The van der Waals surface area contributed by atoms with E-state index in [2.05, 4.69) is 22.2 Å². The van der Waals surface area contributed by atoms with E-state index in [0.717, 1.165) is 17.4 Å². The molecule has 114 valence electrons. The lowest BCUT2D eigenvalue weighted by molar-refractivity contribution is 0.136. The van der Waals surface area contributed by atoms with Gasteiger partial charge in [0.05, 0.1) is 11.8 Å². The second kappa shape index (κ2) is 6.80. The van der Waals surface area contributed by atoms with Crippen LogP contribution in [0.2, 0.25) is 5.02 Å². The van der Waals surface area contributed by atoms with Crippen molar-refractivity contribution in [3.63, 3.8) is 0 Å². The Kier molecular flexibility index (Phi) is 4.81. The first kappa shape index (κ1) is 14.9. The summed E-state index contributed by atoms with van der Waals surface area (Å²) in [4.78, 5) is 7.51. The molecule has 0 aromatic heterocycles. The SMILES string of the molecule is CO/N=C1/CCC1N1CCC(Cc2ccc(Cl)cc2)CC1. The number of piperidine rings is 1. The Morgan fingerprint density at radius 2 is 1.90 bits per heavy atom. The van der Waals surface area contributed by atoms with E-state index in [1.807, 2.05) is 12.1 Å². The average Bonchev–Trinajstić information content (AvgIpc) is 2.48. The normalized spacial score (nSPS) is 25.8. The molecule has 0 bridgehead atoms. The van der Waals surface area contributed by atoms with Crippen LogP contribution in [0.5, 0.6) is 0 Å². The van der Waals surface area contributed by atoms with Crippen molar-refractivity contribution in [3.8, 4) is 0 Å². The molecule has 0 amide bonds. The quantitative estimate of drug-likeness (QED) is 0.791. The van der Waals surface area contributed by atoms with Crippen LogP contribution < -0.4 is 0 Å². The van der Waals surface area contributed by atoms with Crippen molar-refractivity contribution >= 4 is 17.3 Å². The van der Waals surface area contributed by atoms with E-state index in [1.165, 1.54) is 50.0 Å². The molecule has 21 heavy (non-hydrogen) atoms. The first-order valence-electron chi connectivity index (χ1n) is 7.84. The minimum Gasteiger partial charge on any atom is -0.399 e. The Balaban J connectivity index is 1.49. The molecule has 1 aromatic rings. The van der Waals surface area contributed by atoms with Crippen molar-refractivity contribution in [1.82, 2.24) is 4.90 Å². The van der Waals surface area contributed by atoms with E-state index in [9.17, 15) is 0 Å². The van der Waals surface area contributed by atoms with Crippen LogP contribution in [0.4, 0.5) is 0 Å². The minimum atomic E-state index is 0.543. The molecule has 1 aliphatic heterocycles. The molecule has 4 heteroatoms. The van der Waals surface area contributed by atoms with Gasteiger partial charge in [-0.25, -0.2) is 0 Å². The van der Waals surface area contributed by atoms with E-state index in [4.69, 9.17) is 16.4 Å². The van der Waals surface area contributed by atoms with Crippen molar-refractivity contribution in [2.75, 3.05) is 20.2 Å². The summed E-state index contributed by atoms with van der Waals surface area (Å²) >= 11 is 5.94. The molecule has 1 unspecified atom stereocenters. The fourth-order valence-corrected chi connectivity index (χ4v) is 3.57. The summed E-state index contributed by atoms with van der Waals surface area (Å²) in [6, 6.07) is 8.84. The van der Waals surface area contributed by atoms with Crippen molar-refractivity contribution in [1.29, 1.82) is 0 Å². The van der Waals surface area contributed by atoms with Crippen LogP contribution in [0.15, 0.2) is 29.4 Å². The lowest BCUT2D eigenvalue weighted by Crippen LogP contribution is -2.51. The largest absolute Gasteiger partial charge is 0.399 e. The Hall–Kier alpha value is -1.06. The van der Waals surface area contributed by atoms with Gasteiger partial charge in [0.2, 0.25) is 0 Å². The van der Waals surface area contributed by atoms with Gasteiger partial charge < -0.3 is 4.84 Å². The number of halogens is 1. The molecule has 1 saturated carbocycles. The van der Waals surface area contributed by atoms with Gasteiger partial charge in [-0.05, 0) is 68.8 Å². The molecule has 3 rings (SSSR count). The van der Waals surface area contributed by atoms with E-state index >= 15 is 0 Å². The lowest BCUT2D eigenvalue weighted by Gasteiger charge is -2.42. The van der Waals surface area contributed by atoms with Gasteiger partial charge in [-0.15, -0.1) is 0 Å². The summed E-state index contributed by atoms with van der Waals surface area (Å²) in [7, 11) is 1.64. The first-order valence-corrected chi connectivity index (χ1v) is 8.22. The number of hydrogen-bond acceptors (Lipinski definition) is 3. The molecule has 0 radical (unpaired) electrons. The van der Waals surface area contributed by atoms with E-state index < -0.39 is 0 Å². The molecule has 1 heterocycles. The smallest absolute Gasteiger partial charge is 0.106 e. The molecule has 2 fully saturated rings. The average molecular weight is 307 g/mol. The highest BCUT2D eigenvalue weighted by molar-refractivity contribution is 6.30. The van der Waals surface area contributed by atoms with Gasteiger partial charge in [0, 0.05) is 5.02 Å². The van der Waals surface area contributed by atoms with Crippen molar-refractivity contribution in [2.45, 2.75) is 38.1 Å². The zero-order valence-corrected chi connectivity index (χ0v) is 13.4. The van der Waals surface area contributed by atoms with Gasteiger partial charge in [0.15, 0.2) is 0 Å². The van der Waals surface area contributed by atoms with Gasteiger partial charge in [-0.3, -0.25) is 4.90 Å². The third-order valence-corrected chi connectivity index (χ3v) is 5.05. The van der Waals surface area contributed by atoms with Crippen molar-refractivity contribution < 1.29 is 4.84 Å². The maximum atomic E-state index is 5.94. The number of oxime groups is 1. The number of benzene rings is 1. The van der Waals surface area contributed by atoms with Gasteiger partial charge in [-0.2, -0.15) is 0 Å². The lowest BCUT2D eigenvalue weighted by atomic mass is 9.84. The maximum Gasteiger partial charge on any atom is 0.106 e. The highest BCUT2D eigenvalue weighted by Crippen LogP contribution is 2.29. The summed E-state index contributed by atoms with van der Waals surface area (Å²) in [5.74, 6) is 0.797. The number of rotatable bonds is 4. The molecular formula is C17H23ClN2O. The van der Waals surface area contributed by atoms with Gasteiger partial charge >= 0.3 is 0 Å². The highest BCUT2D eigenvalue weighted by Gasteiger charge is 2.34. The van der Waals surface area contributed by atoms with Crippen LogP contribution in [0.25, 0.3) is 0 Å².